The molecule has 29 heavy (non-hydrogen) atoms. The summed E-state index contributed by atoms with van der Waals surface area (Å²) in [5, 5.41) is 4.53. The molecule has 0 amide bonds. The van der Waals surface area contributed by atoms with Gasteiger partial charge < -0.3 is 10.2 Å². The minimum atomic E-state index is -3.15. The Labute approximate surface area is 194 Å². The van der Waals surface area contributed by atoms with E-state index in [9.17, 15) is 8.42 Å². The van der Waals surface area contributed by atoms with Gasteiger partial charge in [0.2, 0.25) is 0 Å². The fourth-order valence-corrected chi connectivity index (χ4v) is 5.20. The Balaban J connectivity index is 0.00000300. The van der Waals surface area contributed by atoms with Crippen LogP contribution >= 0.6 is 35.3 Å². The number of halogens is 1. The topological polar surface area (TPSA) is 74.7 Å². The van der Waals surface area contributed by atoms with E-state index in [-0.39, 0.29) is 24.0 Å². The number of hydrogen-bond donors (Lipinski definition) is 1. The van der Waals surface area contributed by atoms with Gasteiger partial charge in [0.05, 0.1) is 17.1 Å². The minimum Gasteiger partial charge on any atom is -0.356 e. The maximum absolute atomic E-state index is 11.5. The van der Waals surface area contributed by atoms with Crippen LogP contribution in [0, 0.1) is 0 Å². The summed E-state index contributed by atoms with van der Waals surface area (Å²) in [4.78, 5) is 13.1. The van der Waals surface area contributed by atoms with Gasteiger partial charge in [-0.25, -0.2) is 13.4 Å². The van der Waals surface area contributed by atoms with E-state index in [0.29, 0.717) is 4.90 Å². The fourth-order valence-electron chi connectivity index (χ4n) is 3.36. The molecule has 2 aromatic rings. The van der Waals surface area contributed by atoms with E-state index in [4.69, 9.17) is 4.98 Å². The van der Waals surface area contributed by atoms with Crippen LogP contribution < -0.4 is 5.32 Å². The molecule has 0 saturated heterocycles. The highest BCUT2D eigenvalue weighted by Crippen LogP contribution is 2.27. The van der Waals surface area contributed by atoms with Gasteiger partial charge in [0.15, 0.2) is 15.8 Å². The molecule has 0 bridgehead atoms. The molecule has 0 fully saturated rings. The average Bonchev–Trinajstić information content (AvgIpc) is 3.07. The van der Waals surface area contributed by atoms with E-state index in [0.717, 1.165) is 42.5 Å². The highest BCUT2D eigenvalue weighted by atomic mass is 127. The molecule has 0 unspecified atom stereocenters. The van der Waals surface area contributed by atoms with Crippen molar-refractivity contribution in [3.63, 3.8) is 0 Å². The zero-order valence-electron chi connectivity index (χ0n) is 17.1. The van der Waals surface area contributed by atoms with E-state index >= 15 is 0 Å². The van der Waals surface area contributed by atoms with Crippen LogP contribution in [0.5, 0.6) is 0 Å². The highest BCUT2D eigenvalue weighted by molar-refractivity contribution is 14.0. The van der Waals surface area contributed by atoms with Crippen LogP contribution in [-0.4, -0.2) is 51.2 Å². The largest absolute Gasteiger partial charge is 0.356 e. The molecule has 1 heterocycles. The summed E-state index contributed by atoms with van der Waals surface area (Å²) < 4.78 is 23.1. The van der Waals surface area contributed by atoms with Crippen LogP contribution in [0.4, 0.5) is 0 Å². The number of aryl methyl sites for hydroxylation is 2. The molecule has 0 radical (unpaired) electrons. The van der Waals surface area contributed by atoms with Crippen LogP contribution in [0.15, 0.2) is 34.2 Å². The second-order valence-corrected chi connectivity index (χ2v) is 10.4. The standard InChI is InChI=1S/C20H28N4O2S2.HI/c1-21-20(22-13-12-15-8-10-16(11-9-15)28(3,25)26)24(2)14-19-23-17-6-4-5-7-18(17)27-19;/h8-11H,4-7,12-14H2,1-3H3,(H,21,22);1H. The zero-order chi connectivity index (χ0) is 20.1. The molecule has 3 rings (SSSR count). The first-order chi connectivity index (χ1) is 13.4. The number of nitrogens with one attached hydrogen (secondary N) is 1. The van der Waals surface area contributed by atoms with Crippen molar-refractivity contribution in [1.82, 2.24) is 15.2 Å². The third kappa shape index (κ3) is 6.65. The lowest BCUT2D eigenvalue weighted by Crippen LogP contribution is -2.39. The number of sulfone groups is 1. The van der Waals surface area contributed by atoms with E-state index in [1.54, 1.807) is 19.2 Å². The molecular weight excluding hydrogens is 519 g/mol. The number of guanidine groups is 1. The van der Waals surface area contributed by atoms with Crippen LogP contribution in [0.2, 0.25) is 0 Å². The monoisotopic (exact) mass is 548 g/mol. The van der Waals surface area contributed by atoms with Crippen molar-refractivity contribution in [1.29, 1.82) is 0 Å². The number of thiazole rings is 1. The van der Waals surface area contributed by atoms with Gasteiger partial charge in [0.25, 0.3) is 0 Å². The second kappa shape index (κ2) is 10.7. The molecule has 1 aliphatic rings. The normalized spacial score (nSPS) is 14.1. The molecule has 160 valence electrons. The quantitative estimate of drug-likeness (QED) is 0.341. The molecule has 1 aromatic heterocycles. The van der Waals surface area contributed by atoms with E-state index in [1.807, 2.05) is 30.5 Å². The third-order valence-corrected chi connectivity index (χ3v) is 7.15. The number of fused-ring (bicyclic) bond motifs is 1. The summed E-state index contributed by atoms with van der Waals surface area (Å²) >= 11 is 1.83. The average molecular weight is 549 g/mol. The molecule has 0 atom stereocenters. The van der Waals surface area contributed by atoms with Crippen molar-refractivity contribution in [2.24, 2.45) is 4.99 Å². The predicted molar refractivity (Wildman–Crippen MR) is 130 cm³/mol. The van der Waals surface area contributed by atoms with Gasteiger partial charge in [-0.15, -0.1) is 35.3 Å². The SMILES string of the molecule is CN=C(NCCc1ccc(S(C)(=O)=O)cc1)N(C)Cc1nc2c(s1)CCCC2.I. The fraction of sp³-hybridized carbons (Fsp3) is 0.500. The molecular formula is C20H29IN4O2S2. The number of rotatable bonds is 6. The van der Waals surface area contributed by atoms with Crippen LogP contribution in [-0.2, 0) is 35.6 Å². The summed E-state index contributed by atoms with van der Waals surface area (Å²) in [7, 11) is 0.662. The summed E-state index contributed by atoms with van der Waals surface area (Å²) in [6, 6.07) is 7.06. The number of benzene rings is 1. The summed E-state index contributed by atoms with van der Waals surface area (Å²) in [6.07, 6.45) is 6.83. The highest BCUT2D eigenvalue weighted by Gasteiger charge is 2.16. The van der Waals surface area contributed by atoms with Gasteiger partial charge in [-0.05, 0) is 49.8 Å². The Bertz CT molecular complexity index is 916. The van der Waals surface area contributed by atoms with Crippen LogP contribution in [0.25, 0.3) is 0 Å². The maximum Gasteiger partial charge on any atom is 0.193 e. The number of nitrogens with zero attached hydrogens (tertiary/aromatic N) is 3. The Hall–Kier alpha value is -1.20. The van der Waals surface area contributed by atoms with E-state index in [1.165, 1.54) is 36.1 Å². The van der Waals surface area contributed by atoms with Crippen molar-refractivity contribution >= 4 is 51.1 Å². The van der Waals surface area contributed by atoms with Crippen LogP contribution in [0.1, 0.15) is 34.0 Å². The van der Waals surface area contributed by atoms with E-state index < -0.39 is 9.84 Å². The Morgan fingerprint density at radius 1 is 1.24 bits per heavy atom. The molecule has 1 aliphatic carbocycles. The van der Waals surface area contributed by atoms with Crippen molar-refractivity contribution in [2.45, 2.75) is 43.5 Å². The van der Waals surface area contributed by atoms with Gasteiger partial charge in [-0.3, -0.25) is 4.99 Å². The summed E-state index contributed by atoms with van der Waals surface area (Å²) in [5.74, 6) is 0.834. The van der Waals surface area contributed by atoms with Crippen molar-refractivity contribution in [2.75, 3.05) is 26.9 Å². The molecule has 0 saturated carbocycles. The zero-order valence-corrected chi connectivity index (χ0v) is 21.1. The first-order valence-corrected chi connectivity index (χ1v) is 12.3. The summed E-state index contributed by atoms with van der Waals surface area (Å²) in [5.41, 5.74) is 2.38. The number of hydrogen-bond acceptors (Lipinski definition) is 5. The molecule has 0 spiro atoms. The van der Waals surface area contributed by atoms with Crippen molar-refractivity contribution in [3.8, 4) is 0 Å². The van der Waals surface area contributed by atoms with Gasteiger partial charge in [0, 0.05) is 31.8 Å². The lowest BCUT2D eigenvalue weighted by atomic mass is 10.0. The van der Waals surface area contributed by atoms with Gasteiger partial charge in [0.1, 0.15) is 5.01 Å². The third-order valence-electron chi connectivity index (χ3n) is 4.88. The lowest BCUT2D eigenvalue weighted by molar-refractivity contribution is 0.475. The number of aliphatic imine (C=N–C) groups is 1. The number of aromatic nitrogens is 1. The molecule has 0 aliphatic heterocycles. The smallest absolute Gasteiger partial charge is 0.193 e. The summed E-state index contributed by atoms with van der Waals surface area (Å²) in [6.45, 7) is 1.48. The van der Waals surface area contributed by atoms with Crippen LogP contribution in [0.3, 0.4) is 0 Å². The molecule has 1 N–H and O–H groups in total. The minimum absolute atomic E-state index is 0. The Morgan fingerprint density at radius 3 is 2.55 bits per heavy atom. The second-order valence-electron chi connectivity index (χ2n) is 7.18. The first-order valence-electron chi connectivity index (χ1n) is 9.55. The lowest BCUT2D eigenvalue weighted by Gasteiger charge is -2.21. The Morgan fingerprint density at radius 2 is 1.93 bits per heavy atom. The van der Waals surface area contributed by atoms with Gasteiger partial charge in [-0.2, -0.15) is 0 Å². The maximum atomic E-state index is 11.5. The van der Waals surface area contributed by atoms with Crippen molar-refractivity contribution < 1.29 is 8.42 Å². The van der Waals surface area contributed by atoms with E-state index in [2.05, 4.69) is 15.2 Å². The Kier molecular flexibility index (Phi) is 8.90. The molecule has 6 nitrogen and oxygen atoms in total. The van der Waals surface area contributed by atoms with Gasteiger partial charge >= 0.3 is 0 Å². The first kappa shape index (κ1) is 24.1. The molecule has 9 heteroatoms. The van der Waals surface area contributed by atoms with Gasteiger partial charge in [-0.1, -0.05) is 12.1 Å². The molecule has 1 aromatic carbocycles. The van der Waals surface area contributed by atoms with Crippen molar-refractivity contribution in [3.05, 3.63) is 45.4 Å². The predicted octanol–water partition coefficient (Wildman–Crippen LogP) is 3.29.